The van der Waals surface area contributed by atoms with Gasteiger partial charge in [0.1, 0.15) is 0 Å². The number of Topliss-reactive ketones (excluding diaryl/α,β-unsaturated/α-hetero) is 1. The zero-order valence-electron chi connectivity index (χ0n) is 9.92. The molecule has 0 radical (unpaired) electrons. The predicted molar refractivity (Wildman–Crippen MR) is 65.7 cm³/mol. The number of carbonyl (C=O) groups excluding carboxylic acids is 4. The normalized spacial score (nSPS) is 15.4. The van der Waals surface area contributed by atoms with Crippen molar-refractivity contribution in [3.63, 3.8) is 0 Å². The molecule has 7 heteroatoms. The SMILES string of the molecule is CN1C(=O)C(=O)N(CC(=O)c2ccc(Cl)cc2)C1=O. The molecule has 1 heterocycles. The minimum absolute atomic E-state index is 0.312. The van der Waals surface area contributed by atoms with Crippen molar-refractivity contribution in [2.75, 3.05) is 13.6 Å². The standard InChI is InChI=1S/C12H9ClN2O4/c1-14-10(17)11(18)15(12(14)19)6-9(16)7-2-4-8(13)5-3-7/h2-5H,6H2,1H3. The first kappa shape index (κ1) is 13.2. The molecule has 0 spiro atoms. The number of benzene rings is 1. The van der Waals surface area contributed by atoms with Gasteiger partial charge in [0, 0.05) is 17.6 Å². The summed E-state index contributed by atoms with van der Waals surface area (Å²) >= 11 is 5.69. The first-order valence-corrected chi connectivity index (χ1v) is 5.72. The maximum absolute atomic E-state index is 11.9. The third-order valence-corrected chi connectivity index (χ3v) is 2.97. The molecule has 1 aromatic carbocycles. The highest BCUT2D eigenvalue weighted by Gasteiger charge is 2.42. The number of likely N-dealkylation sites (N-methyl/N-ethyl adjacent to an activating group) is 1. The smallest absolute Gasteiger partial charge is 0.292 e. The summed E-state index contributed by atoms with van der Waals surface area (Å²) < 4.78 is 0. The van der Waals surface area contributed by atoms with Gasteiger partial charge >= 0.3 is 17.8 Å². The first-order valence-electron chi connectivity index (χ1n) is 5.34. The molecular weight excluding hydrogens is 272 g/mol. The molecule has 0 bridgehead atoms. The number of ketones is 1. The molecule has 98 valence electrons. The van der Waals surface area contributed by atoms with E-state index in [1.165, 1.54) is 31.3 Å². The van der Waals surface area contributed by atoms with E-state index in [1.54, 1.807) is 0 Å². The molecule has 4 amide bonds. The number of rotatable bonds is 3. The fourth-order valence-electron chi connectivity index (χ4n) is 1.62. The van der Waals surface area contributed by atoms with Gasteiger partial charge in [-0.05, 0) is 24.3 Å². The number of halogens is 1. The lowest BCUT2D eigenvalue weighted by Crippen LogP contribution is -2.36. The van der Waals surface area contributed by atoms with E-state index in [0.29, 0.717) is 20.4 Å². The van der Waals surface area contributed by atoms with Crippen LogP contribution in [0.2, 0.25) is 5.02 Å². The summed E-state index contributed by atoms with van der Waals surface area (Å²) in [5, 5.41) is 0.472. The topological polar surface area (TPSA) is 74.8 Å². The fraction of sp³-hybridized carbons (Fsp3) is 0.167. The minimum atomic E-state index is -0.991. The highest BCUT2D eigenvalue weighted by molar-refractivity contribution is 6.45. The number of urea groups is 1. The molecule has 19 heavy (non-hydrogen) atoms. The number of amides is 4. The number of hydrogen-bond acceptors (Lipinski definition) is 4. The van der Waals surface area contributed by atoms with Crippen LogP contribution < -0.4 is 0 Å². The molecule has 0 atom stereocenters. The van der Waals surface area contributed by atoms with Crippen LogP contribution in [0.4, 0.5) is 4.79 Å². The monoisotopic (exact) mass is 280 g/mol. The lowest BCUT2D eigenvalue weighted by Gasteiger charge is -2.11. The van der Waals surface area contributed by atoms with Gasteiger partial charge in [0.25, 0.3) is 0 Å². The molecule has 0 unspecified atom stereocenters. The van der Waals surface area contributed by atoms with Crippen LogP contribution in [0.25, 0.3) is 0 Å². The molecule has 0 aromatic heterocycles. The number of carbonyl (C=O) groups is 4. The van der Waals surface area contributed by atoms with E-state index < -0.39 is 30.2 Å². The molecule has 1 aliphatic heterocycles. The molecule has 1 aliphatic rings. The van der Waals surface area contributed by atoms with Crippen molar-refractivity contribution in [2.45, 2.75) is 0 Å². The summed E-state index contributed by atoms with van der Waals surface area (Å²) in [7, 11) is 1.19. The predicted octanol–water partition coefficient (Wildman–Crippen LogP) is 0.943. The molecule has 1 fully saturated rings. The van der Waals surface area contributed by atoms with Crippen LogP contribution in [0.3, 0.4) is 0 Å². The van der Waals surface area contributed by atoms with E-state index in [2.05, 4.69) is 0 Å². The second-order valence-corrected chi connectivity index (χ2v) is 4.40. The second-order valence-electron chi connectivity index (χ2n) is 3.97. The Morgan fingerprint density at radius 2 is 1.68 bits per heavy atom. The van der Waals surface area contributed by atoms with E-state index in [9.17, 15) is 19.2 Å². The van der Waals surface area contributed by atoms with Gasteiger partial charge in [-0.2, -0.15) is 0 Å². The summed E-state index contributed by atoms with van der Waals surface area (Å²) in [5.74, 6) is -2.37. The van der Waals surface area contributed by atoms with E-state index in [0.717, 1.165) is 0 Å². The van der Waals surface area contributed by atoms with Crippen molar-refractivity contribution in [3.05, 3.63) is 34.9 Å². The van der Waals surface area contributed by atoms with Crippen molar-refractivity contribution in [1.29, 1.82) is 0 Å². The molecule has 1 saturated heterocycles. The van der Waals surface area contributed by atoms with E-state index in [1.807, 2.05) is 0 Å². The third-order valence-electron chi connectivity index (χ3n) is 2.72. The Morgan fingerprint density at radius 1 is 1.11 bits per heavy atom. The maximum atomic E-state index is 11.9. The summed E-state index contributed by atoms with van der Waals surface area (Å²) in [6, 6.07) is 5.24. The molecular formula is C12H9ClN2O4. The second kappa shape index (κ2) is 4.81. The van der Waals surface area contributed by atoms with Crippen molar-refractivity contribution in [3.8, 4) is 0 Å². The van der Waals surface area contributed by atoms with Gasteiger partial charge < -0.3 is 0 Å². The quantitative estimate of drug-likeness (QED) is 0.469. The third kappa shape index (κ3) is 2.34. The van der Waals surface area contributed by atoms with Crippen LogP contribution >= 0.6 is 11.6 Å². The zero-order valence-corrected chi connectivity index (χ0v) is 10.7. The van der Waals surface area contributed by atoms with Gasteiger partial charge in [0.15, 0.2) is 5.78 Å². The average molecular weight is 281 g/mol. The van der Waals surface area contributed by atoms with Gasteiger partial charge in [-0.25, -0.2) is 9.69 Å². The Balaban J connectivity index is 2.16. The maximum Gasteiger partial charge on any atom is 0.334 e. The van der Waals surface area contributed by atoms with Crippen LogP contribution in [0.15, 0.2) is 24.3 Å². The Kier molecular flexibility index (Phi) is 3.35. The molecule has 6 nitrogen and oxygen atoms in total. The van der Waals surface area contributed by atoms with Crippen LogP contribution in [0, 0.1) is 0 Å². The largest absolute Gasteiger partial charge is 0.334 e. The zero-order chi connectivity index (χ0) is 14.2. The molecule has 2 rings (SSSR count). The van der Waals surface area contributed by atoms with Gasteiger partial charge in [-0.15, -0.1) is 0 Å². The van der Waals surface area contributed by atoms with Gasteiger partial charge in [-0.3, -0.25) is 19.3 Å². The lowest BCUT2D eigenvalue weighted by molar-refractivity contribution is -0.142. The number of hydrogen-bond donors (Lipinski definition) is 0. The van der Waals surface area contributed by atoms with Crippen LogP contribution in [-0.2, 0) is 9.59 Å². The van der Waals surface area contributed by atoms with Crippen molar-refractivity contribution < 1.29 is 19.2 Å². The molecule has 0 saturated carbocycles. The van der Waals surface area contributed by atoms with Crippen LogP contribution in [-0.4, -0.2) is 47.0 Å². The highest BCUT2D eigenvalue weighted by Crippen LogP contribution is 2.13. The fourth-order valence-corrected chi connectivity index (χ4v) is 1.75. The van der Waals surface area contributed by atoms with Crippen molar-refractivity contribution in [2.24, 2.45) is 0 Å². The van der Waals surface area contributed by atoms with Crippen LogP contribution in [0.1, 0.15) is 10.4 Å². The van der Waals surface area contributed by atoms with Gasteiger partial charge in [-0.1, -0.05) is 11.6 Å². The van der Waals surface area contributed by atoms with E-state index in [4.69, 9.17) is 11.6 Å². The Labute approximate surface area is 113 Å². The van der Waals surface area contributed by atoms with E-state index >= 15 is 0 Å². The van der Waals surface area contributed by atoms with Crippen LogP contribution in [0.5, 0.6) is 0 Å². The molecule has 0 aliphatic carbocycles. The summed E-state index contributed by atoms with van der Waals surface area (Å²) in [6.45, 7) is -0.463. The Hall–Kier alpha value is -2.21. The highest BCUT2D eigenvalue weighted by atomic mass is 35.5. The summed E-state index contributed by atoms with van der Waals surface area (Å²) in [5.41, 5.74) is 0.312. The first-order chi connectivity index (χ1) is 8.91. The summed E-state index contributed by atoms with van der Waals surface area (Å²) in [4.78, 5) is 47.5. The number of nitrogens with zero attached hydrogens (tertiary/aromatic N) is 2. The summed E-state index contributed by atoms with van der Waals surface area (Å²) in [6.07, 6.45) is 0. The van der Waals surface area contributed by atoms with E-state index in [-0.39, 0.29) is 0 Å². The van der Waals surface area contributed by atoms with Crippen molar-refractivity contribution >= 4 is 35.2 Å². The molecule has 0 N–H and O–H groups in total. The van der Waals surface area contributed by atoms with Crippen molar-refractivity contribution in [1.82, 2.24) is 9.80 Å². The Morgan fingerprint density at radius 3 is 2.16 bits per heavy atom. The average Bonchev–Trinajstić information content (AvgIpc) is 2.57. The lowest BCUT2D eigenvalue weighted by atomic mass is 10.1. The molecule has 1 aromatic rings. The number of imide groups is 2. The Bertz CT molecular complexity index is 582. The van der Waals surface area contributed by atoms with Gasteiger partial charge in [0.05, 0.1) is 6.54 Å². The minimum Gasteiger partial charge on any atom is -0.292 e. The van der Waals surface area contributed by atoms with Gasteiger partial charge in [0.2, 0.25) is 0 Å².